The molecule has 0 radical (unpaired) electrons. The van der Waals surface area contributed by atoms with E-state index >= 15 is 0 Å². The first-order valence-corrected chi connectivity index (χ1v) is 3.94. The van der Waals surface area contributed by atoms with Crippen molar-refractivity contribution in [2.45, 2.75) is 24.6 Å². The topological polar surface area (TPSA) is 17.1 Å². The summed E-state index contributed by atoms with van der Waals surface area (Å²) in [5.74, 6) is 0.0787. The van der Waals surface area contributed by atoms with E-state index in [9.17, 15) is 4.79 Å². The van der Waals surface area contributed by atoms with Gasteiger partial charge < -0.3 is 4.79 Å². The number of aldehydes is 1. The summed E-state index contributed by atoms with van der Waals surface area (Å²) >= 11 is 5.86. The Hall–Kier alpha value is -0.300. The molecule has 1 rings (SSSR count). The Morgan fingerprint density at radius 3 is 2.80 bits per heavy atom. The maximum Gasteiger partial charge on any atom is 0.127 e. The van der Waals surface area contributed by atoms with Crippen LogP contribution in [0.25, 0.3) is 0 Å². The van der Waals surface area contributed by atoms with Gasteiger partial charge >= 0.3 is 0 Å². The van der Waals surface area contributed by atoms with Crippen molar-refractivity contribution < 1.29 is 4.79 Å². The van der Waals surface area contributed by atoms with E-state index in [4.69, 9.17) is 11.6 Å². The minimum absolute atomic E-state index is 0.0787. The molecule has 0 N–H and O–H groups in total. The zero-order valence-corrected chi connectivity index (χ0v) is 6.60. The summed E-state index contributed by atoms with van der Waals surface area (Å²) in [6.07, 6.45) is 3.62. The average Bonchev–Trinajstić information content (AvgIpc) is 1.88. The van der Waals surface area contributed by atoms with Crippen LogP contribution < -0.4 is 0 Å². The summed E-state index contributed by atoms with van der Waals surface area (Å²) in [6, 6.07) is 0. The minimum Gasteiger partial charge on any atom is -0.303 e. The second kappa shape index (κ2) is 3.20. The van der Waals surface area contributed by atoms with Crippen LogP contribution in [0.1, 0.15) is 19.3 Å². The molecule has 10 heavy (non-hydrogen) atoms. The SMILES string of the molecule is C=C1CC(Cl)CCC1C=O. The molecule has 2 heteroatoms. The molecule has 0 saturated heterocycles. The average molecular weight is 159 g/mol. The monoisotopic (exact) mass is 158 g/mol. The van der Waals surface area contributed by atoms with E-state index < -0.39 is 0 Å². The third kappa shape index (κ3) is 1.60. The van der Waals surface area contributed by atoms with Crippen LogP contribution in [0, 0.1) is 5.92 Å². The van der Waals surface area contributed by atoms with Gasteiger partial charge in [-0.15, -0.1) is 11.6 Å². The van der Waals surface area contributed by atoms with E-state index in [2.05, 4.69) is 6.58 Å². The van der Waals surface area contributed by atoms with Crippen molar-refractivity contribution in [1.82, 2.24) is 0 Å². The highest BCUT2D eigenvalue weighted by Gasteiger charge is 2.21. The molecular formula is C8H11ClO. The van der Waals surface area contributed by atoms with Crippen molar-refractivity contribution in [3.63, 3.8) is 0 Å². The molecule has 2 unspecified atom stereocenters. The van der Waals surface area contributed by atoms with Crippen molar-refractivity contribution in [2.75, 3.05) is 0 Å². The summed E-state index contributed by atoms with van der Waals surface area (Å²) < 4.78 is 0. The molecule has 0 aliphatic heterocycles. The van der Waals surface area contributed by atoms with Gasteiger partial charge in [0.05, 0.1) is 0 Å². The Balaban J connectivity index is 2.51. The highest BCUT2D eigenvalue weighted by molar-refractivity contribution is 6.20. The van der Waals surface area contributed by atoms with E-state index in [1.165, 1.54) is 0 Å². The number of carbonyl (C=O) groups excluding carboxylic acids is 1. The number of hydrogen-bond donors (Lipinski definition) is 0. The van der Waals surface area contributed by atoms with Gasteiger partial charge in [-0.2, -0.15) is 0 Å². The molecule has 0 aromatic carbocycles. The fourth-order valence-corrected chi connectivity index (χ4v) is 1.59. The van der Waals surface area contributed by atoms with Crippen LogP contribution in [-0.4, -0.2) is 11.7 Å². The van der Waals surface area contributed by atoms with E-state index in [0.717, 1.165) is 31.1 Å². The third-order valence-corrected chi connectivity index (χ3v) is 2.34. The van der Waals surface area contributed by atoms with Crippen LogP contribution in [-0.2, 0) is 4.79 Å². The lowest BCUT2D eigenvalue weighted by atomic mass is 9.86. The Kier molecular flexibility index (Phi) is 2.50. The van der Waals surface area contributed by atoms with Crippen molar-refractivity contribution in [2.24, 2.45) is 5.92 Å². The van der Waals surface area contributed by atoms with Gasteiger partial charge in [-0.1, -0.05) is 12.2 Å². The van der Waals surface area contributed by atoms with Crippen molar-refractivity contribution in [3.05, 3.63) is 12.2 Å². The first kappa shape index (κ1) is 7.80. The van der Waals surface area contributed by atoms with Gasteiger partial charge in [-0.25, -0.2) is 0 Å². The number of hydrogen-bond acceptors (Lipinski definition) is 1. The van der Waals surface area contributed by atoms with E-state index in [1.54, 1.807) is 0 Å². The number of rotatable bonds is 1. The first-order chi connectivity index (χ1) is 4.74. The lowest BCUT2D eigenvalue weighted by Crippen LogP contribution is -2.17. The molecule has 0 aromatic rings. The Labute approximate surface area is 66.1 Å². The van der Waals surface area contributed by atoms with Gasteiger partial charge in [0.1, 0.15) is 6.29 Å². The second-order valence-corrected chi connectivity index (χ2v) is 3.40. The minimum atomic E-state index is 0.0787. The van der Waals surface area contributed by atoms with Crippen LogP contribution in [0.3, 0.4) is 0 Å². The molecule has 0 heterocycles. The van der Waals surface area contributed by atoms with Gasteiger partial charge in [0.2, 0.25) is 0 Å². The zero-order valence-electron chi connectivity index (χ0n) is 5.85. The molecule has 1 aliphatic rings. The van der Waals surface area contributed by atoms with Crippen LogP contribution in [0.15, 0.2) is 12.2 Å². The second-order valence-electron chi connectivity index (χ2n) is 2.78. The largest absolute Gasteiger partial charge is 0.303 e. The Morgan fingerprint density at radius 1 is 1.60 bits per heavy atom. The number of halogens is 1. The Bertz CT molecular complexity index is 153. The Morgan fingerprint density at radius 2 is 2.30 bits per heavy atom. The number of carbonyl (C=O) groups is 1. The fraction of sp³-hybridized carbons (Fsp3) is 0.625. The molecule has 0 amide bonds. The third-order valence-electron chi connectivity index (χ3n) is 1.96. The van der Waals surface area contributed by atoms with Crippen LogP contribution >= 0.6 is 11.6 Å². The normalized spacial score (nSPS) is 33.9. The van der Waals surface area contributed by atoms with Gasteiger partial charge in [-0.05, 0) is 19.3 Å². The smallest absolute Gasteiger partial charge is 0.127 e. The molecule has 0 spiro atoms. The number of allylic oxidation sites excluding steroid dienone is 1. The summed E-state index contributed by atoms with van der Waals surface area (Å²) in [7, 11) is 0. The summed E-state index contributed by atoms with van der Waals surface area (Å²) in [5, 5.41) is 0.212. The highest BCUT2D eigenvalue weighted by Crippen LogP contribution is 2.29. The predicted octanol–water partition coefficient (Wildman–Crippen LogP) is 2.15. The summed E-state index contributed by atoms with van der Waals surface area (Å²) in [6.45, 7) is 3.80. The van der Waals surface area contributed by atoms with Crippen molar-refractivity contribution in [1.29, 1.82) is 0 Å². The van der Waals surface area contributed by atoms with Crippen LogP contribution in [0.2, 0.25) is 0 Å². The molecule has 2 atom stereocenters. The lowest BCUT2D eigenvalue weighted by molar-refractivity contribution is -0.110. The highest BCUT2D eigenvalue weighted by atomic mass is 35.5. The van der Waals surface area contributed by atoms with Gasteiger partial charge in [0, 0.05) is 11.3 Å². The van der Waals surface area contributed by atoms with Gasteiger partial charge in [0.15, 0.2) is 0 Å². The van der Waals surface area contributed by atoms with Crippen LogP contribution in [0.4, 0.5) is 0 Å². The molecule has 0 bridgehead atoms. The maximum atomic E-state index is 10.4. The number of alkyl halides is 1. The van der Waals surface area contributed by atoms with E-state index in [1.807, 2.05) is 0 Å². The molecule has 1 aliphatic carbocycles. The van der Waals surface area contributed by atoms with Crippen molar-refractivity contribution in [3.8, 4) is 0 Å². The first-order valence-electron chi connectivity index (χ1n) is 3.51. The molecular weight excluding hydrogens is 148 g/mol. The summed E-state index contributed by atoms with van der Waals surface area (Å²) in [4.78, 5) is 10.4. The fourth-order valence-electron chi connectivity index (χ4n) is 1.27. The predicted molar refractivity (Wildman–Crippen MR) is 42.2 cm³/mol. The summed E-state index contributed by atoms with van der Waals surface area (Å²) in [5.41, 5.74) is 1.00. The molecule has 0 aromatic heterocycles. The van der Waals surface area contributed by atoms with E-state index in [-0.39, 0.29) is 11.3 Å². The molecule has 1 fully saturated rings. The van der Waals surface area contributed by atoms with E-state index in [0.29, 0.717) is 0 Å². The standard InChI is InChI=1S/C8H11ClO/c1-6-4-8(9)3-2-7(6)5-10/h5,7-8H,1-4H2. The molecule has 56 valence electrons. The molecule has 1 nitrogen and oxygen atoms in total. The van der Waals surface area contributed by atoms with Gasteiger partial charge in [-0.3, -0.25) is 0 Å². The maximum absolute atomic E-state index is 10.4. The van der Waals surface area contributed by atoms with Crippen LogP contribution in [0.5, 0.6) is 0 Å². The lowest BCUT2D eigenvalue weighted by Gasteiger charge is -2.22. The quantitative estimate of drug-likeness (QED) is 0.325. The van der Waals surface area contributed by atoms with Crippen molar-refractivity contribution >= 4 is 17.9 Å². The molecule has 1 saturated carbocycles. The van der Waals surface area contributed by atoms with Gasteiger partial charge in [0.25, 0.3) is 0 Å². The zero-order chi connectivity index (χ0) is 7.56.